The second kappa shape index (κ2) is 7.10. The van der Waals surface area contributed by atoms with E-state index in [1.165, 1.54) is 11.2 Å². The van der Waals surface area contributed by atoms with Crippen molar-refractivity contribution in [2.45, 2.75) is 57.5 Å². The number of rotatable bonds is 4. The summed E-state index contributed by atoms with van der Waals surface area (Å²) in [4.78, 5) is 24.4. The molecule has 0 N–H and O–H groups in total. The molecule has 5 rings (SSSR count). The first-order valence-corrected chi connectivity index (χ1v) is 10.3. The number of fused-ring (bicyclic) bond motifs is 1. The normalized spacial score (nSPS) is 24.5. The van der Waals surface area contributed by atoms with Crippen molar-refractivity contribution >= 4 is 17.7 Å². The first-order valence-electron chi connectivity index (χ1n) is 10.3. The number of carbonyl (C=O) groups is 1. The van der Waals surface area contributed by atoms with Gasteiger partial charge in [-0.15, -0.1) is 0 Å². The lowest BCUT2D eigenvalue weighted by molar-refractivity contribution is 0.00202. The zero-order chi connectivity index (χ0) is 20.9. The Morgan fingerprint density at radius 2 is 2.10 bits per heavy atom. The van der Waals surface area contributed by atoms with Crippen molar-refractivity contribution in [3.63, 3.8) is 0 Å². The van der Waals surface area contributed by atoms with Crippen LogP contribution in [0.4, 0.5) is 20.8 Å². The fraction of sp³-hybridized carbons (Fsp3) is 0.600. The van der Waals surface area contributed by atoms with Gasteiger partial charge in [-0.05, 0) is 26.7 Å². The Labute approximate surface area is 173 Å². The van der Waals surface area contributed by atoms with Crippen LogP contribution in [-0.2, 0) is 11.3 Å². The standard InChI is InChI=1S/C20H25FN6O3/c1-13-17(26-9-10-27-16(26)3-7-24-27)22-12-23-18(13)29-15-4-8-25(11-14(15)21)19(28)30-20(2)5-6-20/h3,7,12,14-15H,4-6,8-11H2,1-2H3/t14-,15+/m0/s1. The van der Waals surface area contributed by atoms with Crippen LogP contribution in [0, 0.1) is 6.92 Å². The highest BCUT2D eigenvalue weighted by Gasteiger charge is 2.44. The molecule has 1 aliphatic carbocycles. The van der Waals surface area contributed by atoms with Crippen molar-refractivity contribution in [1.29, 1.82) is 0 Å². The number of hydrogen-bond acceptors (Lipinski definition) is 7. The van der Waals surface area contributed by atoms with E-state index >= 15 is 0 Å². The molecule has 1 saturated carbocycles. The zero-order valence-electron chi connectivity index (χ0n) is 17.1. The average molecular weight is 416 g/mol. The fourth-order valence-corrected chi connectivity index (χ4v) is 3.95. The van der Waals surface area contributed by atoms with E-state index in [2.05, 4.69) is 20.0 Å². The minimum Gasteiger partial charge on any atom is -0.471 e. The Bertz CT molecular complexity index is 962. The van der Waals surface area contributed by atoms with Crippen molar-refractivity contribution in [3.05, 3.63) is 24.2 Å². The van der Waals surface area contributed by atoms with Crippen LogP contribution >= 0.6 is 0 Å². The van der Waals surface area contributed by atoms with Crippen LogP contribution in [0.25, 0.3) is 0 Å². The quantitative estimate of drug-likeness (QED) is 0.757. The highest BCUT2D eigenvalue weighted by Crippen LogP contribution is 2.39. The Morgan fingerprint density at radius 1 is 1.27 bits per heavy atom. The summed E-state index contributed by atoms with van der Waals surface area (Å²) in [6.45, 7) is 5.66. The topological polar surface area (TPSA) is 85.6 Å². The molecule has 2 aromatic rings. The van der Waals surface area contributed by atoms with Crippen LogP contribution in [0.2, 0.25) is 0 Å². The van der Waals surface area contributed by atoms with Gasteiger partial charge in [0.2, 0.25) is 5.88 Å². The summed E-state index contributed by atoms with van der Waals surface area (Å²) in [6.07, 6.45) is 2.87. The van der Waals surface area contributed by atoms with Crippen molar-refractivity contribution in [2.75, 3.05) is 24.5 Å². The minimum absolute atomic E-state index is 0.0398. The molecule has 4 heterocycles. The lowest BCUT2D eigenvalue weighted by Crippen LogP contribution is -2.50. The van der Waals surface area contributed by atoms with Gasteiger partial charge in [0, 0.05) is 25.6 Å². The number of anilines is 2. The van der Waals surface area contributed by atoms with E-state index in [1.807, 2.05) is 24.6 Å². The molecule has 2 atom stereocenters. The molecule has 1 saturated heterocycles. The van der Waals surface area contributed by atoms with Crippen LogP contribution in [-0.4, -0.2) is 68.3 Å². The summed E-state index contributed by atoms with van der Waals surface area (Å²) in [7, 11) is 0. The van der Waals surface area contributed by atoms with Gasteiger partial charge in [0.05, 0.1) is 24.8 Å². The van der Waals surface area contributed by atoms with Gasteiger partial charge in [0.25, 0.3) is 0 Å². The van der Waals surface area contributed by atoms with Crippen LogP contribution in [0.3, 0.4) is 0 Å². The number of piperidine rings is 1. The molecule has 0 unspecified atom stereocenters. The molecule has 10 heteroatoms. The number of likely N-dealkylation sites (tertiary alicyclic amines) is 1. The summed E-state index contributed by atoms with van der Waals surface area (Å²) in [5, 5.41) is 4.28. The number of carbonyl (C=O) groups excluding carboxylic acids is 1. The molecule has 160 valence electrons. The lowest BCUT2D eigenvalue weighted by Gasteiger charge is -2.34. The predicted molar refractivity (Wildman–Crippen MR) is 106 cm³/mol. The van der Waals surface area contributed by atoms with E-state index in [0.717, 1.165) is 43.1 Å². The second-order valence-electron chi connectivity index (χ2n) is 8.42. The van der Waals surface area contributed by atoms with Crippen molar-refractivity contribution in [2.24, 2.45) is 0 Å². The molecule has 0 bridgehead atoms. The van der Waals surface area contributed by atoms with Crippen LogP contribution in [0.5, 0.6) is 5.88 Å². The Hall–Kier alpha value is -2.91. The summed E-state index contributed by atoms with van der Waals surface area (Å²) < 4.78 is 28.2. The zero-order valence-corrected chi connectivity index (χ0v) is 17.1. The third-order valence-corrected chi connectivity index (χ3v) is 6.06. The molecule has 0 aromatic carbocycles. The minimum atomic E-state index is -1.32. The molecule has 0 spiro atoms. The Kier molecular flexibility index (Phi) is 4.52. The van der Waals surface area contributed by atoms with Crippen LogP contribution in [0.1, 0.15) is 31.7 Å². The predicted octanol–water partition coefficient (Wildman–Crippen LogP) is 2.61. The highest BCUT2D eigenvalue weighted by atomic mass is 19.1. The second-order valence-corrected chi connectivity index (χ2v) is 8.42. The maximum Gasteiger partial charge on any atom is 0.410 e. The molecule has 2 aromatic heterocycles. The molecule has 1 amide bonds. The van der Waals surface area contributed by atoms with Crippen LogP contribution in [0.15, 0.2) is 18.6 Å². The van der Waals surface area contributed by atoms with Gasteiger partial charge in [0.1, 0.15) is 29.7 Å². The summed E-state index contributed by atoms with van der Waals surface area (Å²) in [5.41, 5.74) is 0.387. The molecular formula is C20H25FN6O3. The number of aromatic nitrogens is 4. The van der Waals surface area contributed by atoms with Gasteiger partial charge in [-0.3, -0.25) is 0 Å². The summed E-state index contributed by atoms with van der Waals surface area (Å²) in [5.74, 6) is 2.06. The van der Waals surface area contributed by atoms with Gasteiger partial charge >= 0.3 is 6.09 Å². The third kappa shape index (κ3) is 3.44. The smallest absolute Gasteiger partial charge is 0.410 e. The van der Waals surface area contributed by atoms with Crippen LogP contribution < -0.4 is 9.64 Å². The molecule has 2 fully saturated rings. The number of halogens is 1. The molecule has 30 heavy (non-hydrogen) atoms. The van der Waals surface area contributed by atoms with Crippen molar-refractivity contribution in [3.8, 4) is 5.88 Å². The SMILES string of the molecule is Cc1c(O[C@@H]2CCN(C(=O)OC3(C)CC3)C[C@@H]2F)ncnc1N1CCn2nccc21. The average Bonchev–Trinajstić information content (AvgIpc) is 3.11. The molecule has 0 radical (unpaired) electrons. The molecule has 2 aliphatic heterocycles. The molecule has 9 nitrogen and oxygen atoms in total. The first-order chi connectivity index (χ1) is 14.4. The largest absolute Gasteiger partial charge is 0.471 e. The van der Waals surface area contributed by atoms with Gasteiger partial charge in [-0.25, -0.2) is 23.8 Å². The van der Waals surface area contributed by atoms with E-state index < -0.39 is 18.4 Å². The monoisotopic (exact) mass is 416 g/mol. The number of hydrogen-bond donors (Lipinski definition) is 0. The lowest BCUT2D eigenvalue weighted by atomic mass is 10.1. The summed E-state index contributed by atoms with van der Waals surface area (Å²) >= 11 is 0. The number of nitrogens with zero attached hydrogens (tertiary/aromatic N) is 6. The number of alkyl halides is 1. The Morgan fingerprint density at radius 3 is 2.87 bits per heavy atom. The van der Waals surface area contributed by atoms with E-state index in [9.17, 15) is 9.18 Å². The van der Waals surface area contributed by atoms with Crippen molar-refractivity contribution in [1.82, 2.24) is 24.6 Å². The third-order valence-electron chi connectivity index (χ3n) is 6.06. The van der Waals surface area contributed by atoms with Gasteiger partial charge in [0.15, 0.2) is 6.17 Å². The molecule has 3 aliphatic rings. The van der Waals surface area contributed by atoms with Gasteiger partial charge < -0.3 is 19.3 Å². The summed E-state index contributed by atoms with van der Waals surface area (Å²) in [6, 6.07) is 1.93. The van der Waals surface area contributed by atoms with Gasteiger partial charge in [-0.1, -0.05) is 0 Å². The number of amides is 1. The van der Waals surface area contributed by atoms with E-state index in [-0.39, 0.29) is 12.1 Å². The Balaban J connectivity index is 1.26. The highest BCUT2D eigenvalue weighted by molar-refractivity contribution is 5.68. The molecular weight excluding hydrogens is 391 g/mol. The van der Waals surface area contributed by atoms with E-state index in [0.29, 0.717) is 18.8 Å². The first kappa shape index (κ1) is 19.1. The van der Waals surface area contributed by atoms with E-state index in [1.54, 1.807) is 6.20 Å². The van der Waals surface area contributed by atoms with Gasteiger partial charge in [-0.2, -0.15) is 5.10 Å². The number of ether oxygens (including phenoxy) is 2. The maximum atomic E-state index is 14.8. The van der Waals surface area contributed by atoms with E-state index in [4.69, 9.17) is 9.47 Å². The fourth-order valence-electron chi connectivity index (χ4n) is 3.95. The van der Waals surface area contributed by atoms with Crippen molar-refractivity contribution < 1.29 is 18.7 Å². The maximum absolute atomic E-state index is 14.8.